The number of aromatic nitrogens is 2. The summed E-state index contributed by atoms with van der Waals surface area (Å²) in [6.07, 6.45) is -0.0340. The molecular formula is C19H18N4O3S. The van der Waals surface area contributed by atoms with Crippen LogP contribution in [0.5, 0.6) is 5.75 Å². The van der Waals surface area contributed by atoms with Gasteiger partial charge in [-0.05, 0) is 36.7 Å². The molecule has 1 amide bonds. The molecule has 0 saturated heterocycles. The molecule has 8 heteroatoms. The van der Waals surface area contributed by atoms with Crippen molar-refractivity contribution in [3.8, 4) is 5.75 Å². The van der Waals surface area contributed by atoms with Crippen molar-refractivity contribution in [3.63, 3.8) is 0 Å². The van der Waals surface area contributed by atoms with Crippen molar-refractivity contribution in [3.05, 3.63) is 68.8 Å². The van der Waals surface area contributed by atoms with E-state index < -0.39 is 0 Å². The average molecular weight is 382 g/mol. The van der Waals surface area contributed by atoms with E-state index in [-0.39, 0.29) is 22.7 Å². The van der Waals surface area contributed by atoms with Crippen LogP contribution in [0.4, 0.5) is 0 Å². The molecule has 0 atom stereocenters. The number of carbonyl (C=O) groups excluding carboxylic acids is 1. The van der Waals surface area contributed by atoms with Gasteiger partial charge in [0.15, 0.2) is 4.77 Å². The molecule has 0 radical (unpaired) electrons. The zero-order chi connectivity index (χ0) is 19.4. The second-order valence-corrected chi connectivity index (χ2v) is 6.29. The van der Waals surface area contributed by atoms with Crippen LogP contribution in [0.25, 0.3) is 10.8 Å². The number of aromatic amines is 2. The smallest absolute Gasteiger partial charge is 0.251 e. The largest absolute Gasteiger partial charge is 0.496 e. The number of nitrogens with zero attached hydrogens (tertiary/aromatic N) is 1. The van der Waals surface area contributed by atoms with Crippen molar-refractivity contribution in [2.24, 2.45) is 5.10 Å². The van der Waals surface area contributed by atoms with Crippen LogP contribution in [-0.2, 0) is 11.2 Å². The molecule has 3 aromatic rings. The number of amides is 1. The van der Waals surface area contributed by atoms with Gasteiger partial charge in [0.05, 0.1) is 19.2 Å². The third kappa shape index (κ3) is 4.29. The maximum atomic E-state index is 12.1. The first-order valence-electron chi connectivity index (χ1n) is 8.19. The number of benzene rings is 2. The topological polar surface area (TPSA) is 99.3 Å². The predicted molar refractivity (Wildman–Crippen MR) is 107 cm³/mol. The zero-order valence-corrected chi connectivity index (χ0v) is 15.6. The molecule has 2 aromatic carbocycles. The number of hydrazone groups is 1. The van der Waals surface area contributed by atoms with Crippen LogP contribution >= 0.6 is 12.2 Å². The summed E-state index contributed by atoms with van der Waals surface area (Å²) in [5.74, 6) is 0.416. The van der Waals surface area contributed by atoms with Gasteiger partial charge in [0.2, 0.25) is 5.91 Å². The van der Waals surface area contributed by atoms with Gasteiger partial charge in [-0.1, -0.05) is 24.3 Å². The summed E-state index contributed by atoms with van der Waals surface area (Å²) in [6, 6.07) is 12.9. The Morgan fingerprint density at radius 3 is 2.63 bits per heavy atom. The van der Waals surface area contributed by atoms with Gasteiger partial charge in [-0.3, -0.25) is 14.6 Å². The standard InChI is InChI=1S/C19H18N4O3S/c1-11(13-7-8-16(26-2)15-6-4-3-5-14(13)15)22-23-18(25)10-12-9-17(24)21-19(27)20-12/h3-9H,10H2,1-2H3,(H,23,25)(H2,20,21,24,27)/b22-11-. The molecule has 0 saturated carbocycles. The molecule has 1 heterocycles. The molecule has 0 fully saturated rings. The Labute approximate surface area is 160 Å². The van der Waals surface area contributed by atoms with E-state index in [2.05, 4.69) is 20.5 Å². The Morgan fingerprint density at radius 2 is 1.93 bits per heavy atom. The van der Waals surface area contributed by atoms with Gasteiger partial charge >= 0.3 is 0 Å². The lowest BCUT2D eigenvalue weighted by atomic mass is 10.0. The highest BCUT2D eigenvalue weighted by Gasteiger charge is 2.09. The molecule has 0 unspecified atom stereocenters. The molecule has 3 N–H and O–H groups in total. The zero-order valence-electron chi connectivity index (χ0n) is 14.8. The van der Waals surface area contributed by atoms with E-state index in [0.717, 1.165) is 22.1 Å². The Hall–Kier alpha value is -3.26. The number of carbonyl (C=O) groups is 1. The highest BCUT2D eigenvalue weighted by molar-refractivity contribution is 7.71. The van der Waals surface area contributed by atoms with Gasteiger partial charge in [-0.15, -0.1) is 0 Å². The van der Waals surface area contributed by atoms with E-state index in [1.54, 1.807) is 7.11 Å². The van der Waals surface area contributed by atoms with Gasteiger partial charge in [-0.2, -0.15) is 5.10 Å². The number of hydrogen-bond donors (Lipinski definition) is 3. The number of ether oxygens (including phenoxy) is 1. The van der Waals surface area contributed by atoms with Crippen LogP contribution in [0.2, 0.25) is 0 Å². The Balaban J connectivity index is 1.82. The summed E-state index contributed by atoms with van der Waals surface area (Å²) in [7, 11) is 1.63. The lowest BCUT2D eigenvalue weighted by Gasteiger charge is -2.10. The molecule has 138 valence electrons. The van der Waals surface area contributed by atoms with Crippen molar-refractivity contribution in [1.29, 1.82) is 0 Å². The summed E-state index contributed by atoms with van der Waals surface area (Å²) in [5.41, 5.74) is 4.12. The van der Waals surface area contributed by atoms with Gasteiger partial charge in [0.25, 0.3) is 5.56 Å². The van der Waals surface area contributed by atoms with Crippen molar-refractivity contribution in [1.82, 2.24) is 15.4 Å². The molecule has 0 spiro atoms. The number of nitrogens with one attached hydrogen (secondary N) is 3. The Morgan fingerprint density at radius 1 is 1.19 bits per heavy atom. The van der Waals surface area contributed by atoms with E-state index in [9.17, 15) is 9.59 Å². The van der Waals surface area contributed by atoms with Crippen LogP contribution < -0.4 is 15.7 Å². The van der Waals surface area contributed by atoms with E-state index in [1.807, 2.05) is 43.3 Å². The first-order chi connectivity index (χ1) is 13.0. The fraction of sp³-hybridized carbons (Fsp3) is 0.158. The number of rotatable bonds is 5. The third-order valence-electron chi connectivity index (χ3n) is 4.01. The van der Waals surface area contributed by atoms with Crippen LogP contribution in [0, 0.1) is 4.77 Å². The number of methoxy groups -OCH3 is 1. The maximum Gasteiger partial charge on any atom is 0.251 e. The molecule has 0 aliphatic rings. The minimum absolute atomic E-state index is 0.0340. The second kappa shape index (κ2) is 7.96. The van der Waals surface area contributed by atoms with Gasteiger partial charge in [0.1, 0.15) is 5.75 Å². The maximum absolute atomic E-state index is 12.1. The molecule has 0 aliphatic heterocycles. The van der Waals surface area contributed by atoms with E-state index in [0.29, 0.717) is 11.4 Å². The summed E-state index contributed by atoms with van der Waals surface area (Å²) in [5, 5.41) is 6.14. The minimum atomic E-state index is -0.358. The Bertz CT molecular complexity index is 1120. The molecule has 0 aliphatic carbocycles. The fourth-order valence-corrected chi connectivity index (χ4v) is 3.03. The van der Waals surface area contributed by atoms with E-state index in [4.69, 9.17) is 17.0 Å². The van der Waals surface area contributed by atoms with Crippen molar-refractivity contribution < 1.29 is 9.53 Å². The summed E-state index contributed by atoms with van der Waals surface area (Å²) >= 11 is 4.89. The third-order valence-corrected chi connectivity index (χ3v) is 4.21. The first-order valence-corrected chi connectivity index (χ1v) is 8.60. The van der Waals surface area contributed by atoms with Crippen LogP contribution in [0.3, 0.4) is 0 Å². The lowest BCUT2D eigenvalue weighted by Crippen LogP contribution is -2.23. The lowest BCUT2D eigenvalue weighted by molar-refractivity contribution is -0.120. The summed E-state index contributed by atoms with van der Waals surface area (Å²) < 4.78 is 5.57. The first kappa shape index (κ1) is 18.5. The van der Waals surface area contributed by atoms with Crippen molar-refractivity contribution >= 4 is 34.6 Å². The molecule has 3 rings (SSSR count). The number of H-pyrrole nitrogens is 2. The molecule has 1 aromatic heterocycles. The van der Waals surface area contributed by atoms with Crippen LogP contribution in [-0.4, -0.2) is 28.7 Å². The van der Waals surface area contributed by atoms with E-state index in [1.165, 1.54) is 6.07 Å². The van der Waals surface area contributed by atoms with Gasteiger partial charge < -0.3 is 9.72 Å². The number of fused-ring (bicyclic) bond motifs is 1. The summed E-state index contributed by atoms with van der Waals surface area (Å²) in [6.45, 7) is 1.81. The monoisotopic (exact) mass is 382 g/mol. The SMILES string of the molecule is COc1ccc(/C(C)=N\NC(=O)Cc2cc(=O)[nH]c(=S)[nH]2)c2ccccc12. The highest BCUT2D eigenvalue weighted by atomic mass is 32.1. The van der Waals surface area contributed by atoms with E-state index >= 15 is 0 Å². The average Bonchev–Trinajstić information content (AvgIpc) is 2.64. The highest BCUT2D eigenvalue weighted by Crippen LogP contribution is 2.28. The number of hydrogen-bond acceptors (Lipinski definition) is 5. The van der Waals surface area contributed by atoms with Crippen molar-refractivity contribution in [2.45, 2.75) is 13.3 Å². The molecule has 7 nitrogen and oxygen atoms in total. The van der Waals surface area contributed by atoms with Gasteiger partial charge in [-0.25, -0.2) is 5.43 Å². The summed E-state index contributed by atoms with van der Waals surface area (Å²) in [4.78, 5) is 28.7. The second-order valence-electron chi connectivity index (χ2n) is 5.88. The van der Waals surface area contributed by atoms with Crippen LogP contribution in [0.1, 0.15) is 18.2 Å². The quantitative estimate of drug-likeness (QED) is 0.359. The fourth-order valence-electron chi connectivity index (χ4n) is 2.80. The molecule has 0 bridgehead atoms. The minimum Gasteiger partial charge on any atom is -0.496 e. The normalized spacial score (nSPS) is 11.4. The van der Waals surface area contributed by atoms with Crippen LogP contribution in [0.15, 0.2) is 52.4 Å². The molecular weight excluding hydrogens is 364 g/mol. The molecule has 27 heavy (non-hydrogen) atoms. The Kier molecular flexibility index (Phi) is 5.46. The predicted octanol–water partition coefficient (Wildman–Crippen LogP) is 2.68. The van der Waals surface area contributed by atoms with Gasteiger partial charge in [0, 0.05) is 22.7 Å². The van der Waals surface area contributed by atoms with Crippen molar-refractivity contribution in [2.75, 3.05) is 7.11 Å².